The van der Waals surface area contributed by atoms with Crippen molar-refractivity contribution in [3.05, 3.63) is 11.6 Å². The van der Waals surface area contributed by atoms with E-state index >= 15 is 0 Å². The van der Waals surface area contributed by atoms with Gasteiger partial charge < -0.3 is 15.3 Å². The Bertz CT molecular complexity index is 671. The minimum atomic E-state index is -1.19. The zero-order valence-electron chi connectivity index (χ0n) is 20.0. The molecule has 3 unspecified atom stereocenters. The number of aliphatic hydroxyl groups excluding tert-OH is 2. The predicted octanol–water partition coefficient (Wildman–Crippen LogP) is 5.47. The smallest absolute Gasteiger partial charge is 0.102 e. The average Bonchev–Trinajstić information content (AvgIpc) is 3.01. The van der Waals surface area contributed by atoms with E-state index in [0.717, 1.165) is 37.0 Å². The van der Waals surface area contributed by atoms with E-state index in [1.807, 2.05) is 6.08 Å². The third-order valence-corrected chi connectivity index (χ3v) is 10.5. The Balaban J connectivity index is 1.58. The molecule has 0 aliphatic heterocycles. The molecule has 4 aliphatic carbocycles. The Hall–Kier alpha value is -0.380. The number of hydrogen-bond acceptors (Lipinski definition) is 3. The van der Waals surface area contributed by atoms with Crippen LogP contribution in [0.4, 0.5) is 0 Å². The van der Waals surface area contributed by atoms with Gasteiger partial charge in [-0.1, -0.05) is 65.5 Å². The quantitative estimate of drug-likeness (QED) is 0.519. The van der Waals surface area contributed by atoms with Crippen molar-refractivity contribution in [2.45, 2.75) is 117 Å². The van der Waals surface area contributed by atoms with Crippen molar-refractivity contribution in [2.75, 3.05) is 0 Å². The van der Waals surface area contributed by atoms with Crippen molar-refractivity contribution in [1.82, 2.24) is 0 Å². The summed E-state index contributed by atoms with van der Waals surface area (Å²) in [5.74, 6) is 3.24. The highest BCUT2D eigenvalue weighted by molar-refractivity contribution is 5.33. The van der Waals surface area contributed by atoms with Gasteiger partial charge in [-0.2, -0.15) is 0 Å². The molecule has 9 atom stereocenters. The Morgan fingerprint density at radius 3 is 2.40 bits per heavy atom. The standard InChI is InChI=1S/C27H46O3/c1-17(2)7-6-8-18(3)21-9-10-22-20-15-24(29)27(30)16-19(28)11-14-26(27,5)23(20)12-13-25(21,22)4/h15,17-19,21-24,28-30H,6-14,16H2,1-5H3/t18-,19?,21-,22+,23+,24?,25-,26-,27?/m1/s1. The van der Waals surface area contributed by atoms with Crippen molar-refractivity contribution in [3.63, 3.8) is 0 Å². The van der Waals surface area contributed by atoms with Crippen LogP contribution in [0.3, 0.4) is 0 Å². The summed E-state index contributed by atoms with van der Waals surface area (Å²) in [7, 11) is 0. The van der Waals surface area contributed by atoms with Crippen LogP contribution in [0.5, 0.6) is 0 Å². The highest BCUT2D eigenvalue weighted by atomic mass is 16.3. The molecule has 0 spiro atoms. The maximum absolute atomic E-state index is 11.6. The zero-order chi connectivity index (χ0) is 21.9. The monoisotopic (exact) mass is 418 g/mol. The van der Waals surface area contributed by atoms with Crippen LogP contribution in [-0.2, 0) is 0 Å². The molecule has 0 aromatic carbocycles. The first kappa shape index (κ1) is 22.8. The van der Waals surface area contributed by atoms with E-state index in [2.05, 4.69) is 34.6 Å². The summed E-state index contributed by atoms with van der Waals surface area (Å²) >= 11 is 0. The first-order valence-corrected chi connectivity index (χ1v) is 12.8. The van der Waals surface area contributed by atoms with Gasteiger partial charge in [0.15, 0.2) is 0 Å². The summed E-state index contributed by atoms with van der Waals surface area (Å²) < 4.78 is 0. The molecule has 3 heteroatoms. The second-order valence-corrected chi connectivity index (χ2v) is 12.5. The van der Waals surface area contributed by atoms with Crippen molar-refractivity contribution < 1.29 is 15.3 Å². The molecular formula is C27H46O3. The average molecular weight is 419 g/mol. The molecule has 3 saturated carbocycles. The van der Waals surface area contributed by atoms with E-state index in [9.17, 15) is 15.3 Å². The van der Waals surface area contributed by atoms with Gasteiger partial charge in [-0.15, -0.1) is 0 Å². The second kappa shape index (κ2) is 7.89. The fourth-order valence-electron chi connectivity index (χ4n) is 8.57. The Kier molecular flexibility index (Phi) is 5.99. The Morgan fingerprint density at radius 1 is 0.967 bits per heavy atom. The topological polar surface area (TPSA) is 60.7 Å². The van der Waals surface area contributed by atoms with E-state index in [1.165, 1.54) is 44.1 Å². The second-order valence-electron chi connectivity index (χ2n) is 12.5. The predicted molar refractivity (Wildman–Crippen MR) is 122 cm³/mol. The van der Waals surface area contributed by atoms with Gasteiger partial charge in [-0.25, -0.2) is 0 Å². The summed E-state index contributed by atoms with van der Waals surface area (Å²) in [4.78, 5) is 0. The molecule has 3 fully saturated rings. The van der Waals surface area contributed by atoms with Gasteiger partial charge in [0.1, 0.15) is 11.7 Å². The Morgan fingerprint density at radius 2 is 1.70 bits per heavy atom. The summed E-state index contributed by atoms with van der Waals surface area (Å²) in [6.45, 7) is 11.9. The first-order valence-electron chi connectivity index (χ1n) is 12.8. The van der Waals surface area contributed by atoms with Gasteiger partial charge in [0.05, 0.1) is 6.10 Å². The molecule has 4 aliphatic rings. The van der Waals surface area contributed by atoms with Gasteiger partial charge in [0.2, 0.25) is 0 Å². The van der Waals surface area contributed by atoms with Crippen LogP contribution < -0.4 is 0 Å². The number of hydrogen-bond donors (Lipinski definition) is 3. The normalized spacial score (nSPS) is 49.2. The number of rotatable bonds is 5. The lowest BCUT2D eigenvalue weighted by Crippen LogP contribution is -2.65. The fraction of sp³-hybridized carbons (Fsp3) is 0.926. The molecule has 0 heterocycles. The maximum atomic E-state index is 11.6. The van der Waals surface area contributed by atoms with Crippen molar-refractivity contribution >= 4 is 0 Å². The summed E-state index contributed by atoms with van der Waals surface area (Å²) in [6, 6.07) is 0. The fourth-order valence-corrected chi connectivity index (χ4v) is 8.57. The molecule has 172 valence electrons. The van der Waals surface area contributed by atoms with E-state index in [4.69, 9.17) is 0 Å². The lowest BCUT2D eigenvalue weighted by Gasteiger charge is -2.62. The lowest BCUT2D eigenvalue weighted by atomic mass is 9.45. The molecule has 0 amide bonds. The van der Waals surface area contributed by atoms with Gasteiger partial charge in [-0.3, -0.25) is 0 Å². The first-order chi connectivity index (χ1) is 14.0. The molecule has 0 aromatic rings. The van der Waals surface area contributed by atoms with E-state index in [1.54, 1.807) is 0 Å². The third-order valence-electron chi connectivity index (χ3n) is 10.5. The molecule has 0 bridgehead atoms. The molecule has 0 radical (unpaired) electrons. The zero-order valence-corrected chi connectivity index (χ0v) is 20.0. The van der Waals surface area contributed by atoms with E-state index in [-0.39, 0.29) is 5.41 Å². The van der Waals surface area contributed by atoms with E-state index in [0.29, 0.717) is 23.7 Å². The van der Waals surface area contributed by atoms with E-state index < -0.39 is 17.8 Å². The summed E-state index contributed by atoms with van der Waals surface area (Å²) in [5, 5.41) is 32.9. The summed E-state index contributed by atoms with van der Waals surface area (Å²) in [5.41, 5.74) is 0.281. The highest BCUT2D eigenvalue weighted by Gasteiger charge is 2.64. The minimum Gasteiger partial charge on any atom is -0.393 e. The van der Waals surface area contributed by atoms with Gasteiger partial charge in [0, 0.05) is 11.8 Å². The van der Waals surface area contributed by atoms with Crippen LogP contribution in [0.1, 0.15) is 98.8 Å². The van der Waals surface area contributed by atoms with Crippen LogP contribution >= 0.6 is 0 Å². The maximum Gasteiger partial charge on any atom is 0.102 e. The molecule has 4 rings (SSSR count). The molecular weight excluding hydrogens is 372 g/mol. The van der Waals surface area contributed by atoms with Crippen LogP contribution in [0.25, 0.3) is 0 Å². The molecule has 0 aromatic heterocycles. The number of allylic oxidation sites excluding steroid dienone is 1. The minimum absolute atomic E-state index is 0.308. The Labute approximate surface area is 184 Å². The third kappa shape index (κ3) is 3.33. The van der Waals surface area contributed by atoms with Gasteiger partial charge >= 0.3 is 0 Å². The van der Waals surface area contributed by atoms with Crippen molar-refractivity contribution in [2.24, 2.45) is 40.4 Å². The largest absolute Gasteiger partial charge is 0.393 e. The molecule has 0 saturated heterocycles. The van der Waals surface area contributed by atoms with Crippen LogP contribution in [0, 0.1) is 40.4 Å². The van der Waals surface area contributed by atoms with Crippen molar-refractivity contribution in [1.29, 1.82) is 0 Å². The molecule has 3 N–H and O–H groups in total. The molecule has 3 nitrogen and oxygen atoms in total. The highest BCUT2D eigenvalue weighted by Crippen LogP contribution is 2.67. The molecule has 30 heavy (non-hydrogen) atoms. The number of aliphatic hydroxyl groups is 3. The van der Waals surface area contributed by atoms with Crippen LogP contribution in [-0.4, -0.2) is 33.1 Å². The van der Waals surface area contributed by atoms with Gasteiger partial charge in [0.25, 0.3) is 0 Å². The SMILES string of the molecule is CC(C)CCC[C@@H](C)[C@H]1CC[C@H]2C3=CC(O)C4(O)CC(O)CC[C@]4(C)[C@H]3CC[C@]12C. The van der Waals surface area contributed by atoms with Crippen LogP contribution in [0.15, 0.2) is 11.6 Å². The van der Waals surface area contributed by atoms with Crippen LogP contribution in [0.2, 0.25) is 0 Å². The number of fused-ring (bicyclic) bond motifs is 5. The summed E-state index contributed by atoms with van der Waals surface area (Å²) in [6.07, 6.45) is 11.5. The van der Waals surface area contributed by atoms with Crippen molar-refractivity contribution in [3.8, 4) is 0 Å². The van der Waals surface area contributed by atoms with Gasteiger partial charge in [-0.05, 0) is 73.5 Å². The lowest BCUT2D eigenvalue weighted by molar-refractivity contribution is -0.210.